The third-order valence-corrected chi connectivity index (χ3v) is 9.80. The second-order valence-electron chi connectivity index (χ2n) is 8.24. The highest BCUT2D eigenvalue weighted by Gasteiger charge is 2.38. The highest BCUT2D eigenvalue weighted by molar-refractivity contribution is 6.74. The summed E-state index contributed by atoms with van der Waals surface area (Å²) >= 11 is 0. The van der Waals surface area contributed by atoms with E-state index in [9.17, 15) is 14.7 Å². The number of nitrogens with zero attached hydrogens (tertiary/aromatic N) is 2. The average molecular weight is 404 g/mol. The number of nitrogens with one attached hydrogen (secondary N) is 1. The SMILES string of the molecule is CNC(=O)c1cc(C(=O)O)n(C(CO[Si](C)(C)C(C)(C)C)c2ccccc2)n1. The zero-order valence-electron chi connectivity index (χ0n) is 17.3. The van der Waals surface area contributed by atoms with E-state index in [2.05, 4.69) is 44.3 Å². The molecular weight excluding hydrogens is 374 g/mol. The fourth-order valence-electron chi connectivity index (χ4n) is 2.52. The van der Waals surface area contributed by atoms with Crippen LogP contribution in [0.1, 0.15) is 53.4 Å². The molecule has 0 radical (unpaired) electrons. The van der Waals surface area contributed by atoms with E-state index in [1.54, 1.807) is 0 Å². The topological polar surface area (TPSA) is 93.5 Å². The zero-order valence-corrected chi connectivity index (χ0v) is 18.3. The maximum absolute atomic E-state index is 12.0. The van der Waals surface area contributed by atoms with Gasteiger partial charge in [0.05, 0.1) is 12.6 Å². The minimum Gasteiger partial charge on any atom is -0.477 e. The van der Waals surface area contributed by atoms with Crippen molar-refractivity contribution in [3.05, 3.63) is 53.3 Å². The molecule has 2 N–H and O–H groups in total. The summed E-state index contributed by atoms with van der Waals surface area (Å²) in [6.45, 7) is 11.0. The van der Waals surface area contributed by atoms with Gasteiger partial charge in [0, 0.05) is 13.1 Å². The van der Waals surface area contributed by atoms with Crippen molar-refractivity contribution in [3.63, 3.8) is 0 Å². The van der Waals surface area contributed by atoms with Crippen molar-refractivity contribution in [1.82, 2.24) is 15.1 Å². The second-order valence-corrected chi connectivity index (χ2v) is 13.1. The molecule has 0 aliphatic heterocycles. The molecule has 0 aliphatic carbocycles. The van der Waals surface area contributed by atoms with Gasteiger partial charge >= 0.3 is 5.97 Å². The predicted octanol–water partition coefficient (Wildman–Crippen LogP) is 3.55. The molecule has 0 spiro atoms. The lowest BCUT2D eigenvalue weighted by atomic mass is 10.1. The van der Waals surface area contributed by atoms with Crippen molar-refractivity contribution in [2.45, 2.75) is 44.9 Å². The molecule has 1 aromatic carbocycles. The van der Waals surface area contributed by atoms with Gasteiger partial charge in [-0.15, -0.1) is 0 Å². The van der Waals surface area contributed by atoms with Gasteiger partial charge in [0.2, 0.25) is 0 Å². The maximum Gasteiger partial charge on any atom is 0.354 e. The summed E-state index contributed by atoms with van der Waals surface area (Å²) in [5, 5.41) is 16.5. The first-order valence-corrected chi connectivity index (χ1v) is 12.1. The number of aromatic carboxylic acids is 1. The fraction of sp³-hybridized carbons (Fsp3) is 0.450. The van der Waals surface area contributed by atoms with Crippen LogP contribution in [0.3, 0.4) is 0 Å². The Morgan fingerprint density at radius 3 is 2.36 bits per heavy atom. The molecule has 0 saturated carbocycles. The smallest absolute Gasteiger partial charge is 0.354 e. The Morgan fingerprint density at radius 2 is 1.86 bits per heavy atom. The van der Waals surface area contributed by atoms with E-state index < -0.39 is 26.2 Å². The van der Waals surface area contributed by atoms with Gasteiger partial charge < -0.3 is 14.8 Å². The number of hydrogen-bond acceptors (Lipinski definition) is 4. The molecule has 1 atom stereocenters. The van der Waals surface area contributed by atoms with Gasteiger partial charge in [-0.25, -0.2) is 9.48 Å². The molecule has 1 amide bonds. The van der Waals surface area contributed by atoms with Gasteiger partial charge in [0.1, 0.15) is 5.69 Å². The van der Waals surface area contributed by atoms with Gasteiger partial charge in [0.25, 0.3) is 5.91 Å². The van der Waals surface area contributed by atoms with Crippen LogP contribution < -0.4 is 5.32 Å². The monoisotopic (exact) mass is 403 g/mol. The van der Waals surface area contributed by atoms with Crippen molar-refractivity contribution in [2.24, 2.45) is 0 Å². The highest BCUT2D eigenvalue weighted by Crippen LogP contribution is 2.37. The Bertz CT molecular complexity index is 841. The third kappa shape index (κ3) is 4.69. The number of hydrogen-bond donors (Lipinski definition) is 2. The maximum atomic E-state index is 12.0. The van der Waals surface area contributed by atoms with Crippen LogP contribution in [0.15, 0.2) is 36.4 Å². The predicted molar refractivity (Wildman–Crippen MR) is 110 cm³/mol. The van der Waals surface area contributed by atoms with Crippen molar-refractivity contribution in [1.29, 1.82) is 0 Å². The van der Waals surface area contributed by atoms with E-state index in [1.807, 2.05) is 30.3 Å². The van der Waals surface area contributed by atoms with E-state index in [-0.39, 0.29) is 23.0 Å². The highest BCUT2D eigenvalue weighted by atomic mass is 28.4. The molecule has 1 aromatic heterocycles. The molecule has 0 fully saturated rings. The summed E-state index contributed by atoms with van der Waals surface area (Å²) in [6.07, 6.45) is 0. The standard InChI is InChI=1S/C20H29N3O4Si/c1-20(2,3)28(5,6)27-13-17(14-10-8-7-9-11-14)23-16(19(25)26)12-15(22-23)18(24)21-4/h7-12,17H,13H2,1-6H3,(H,21,24)(H,25,26). The molecule has 1 heterocycles. The quantitative estimate of drug-likeness (QED) is 0.690. The molecule has 0 bridgehead atoms. The van der Waals surface area contributed by atoms with Crippen LogP contribution in [-0.2, 0) is 4.43 Å². The number of carbonyl (C=O) groups excluding carboxylic acids is 1. The molecular formula is C20H29N3O4Si. The van der Waals surface area contributed by atoms with Gasteiger partial charge in [0.15, 0.2) is 14.0 Å². The van der Waals surface area contributed by atoms with E-state index in [4.69, 9.17) is 4.43 Å². The number of rotatable bonds is 7. The average Bonchev–Trinajstić information content (AvgIpc) is 3.06. The van der Waals surface area contributed by atoms with Crippen LogP contribution in [0.25, 0.3) is 0 Å². The summed E-state index contributed by atoms with van der Waals surface area (Å²) in [7, 11) is -0.585. The summed E-state index contributed by atoms with van der Waals surface area (Å²) in [4.78, 5) is 23.8. The minimum atomic E-state index is -2.07. The normalized spacial score (nSPS) is 13.2. The largest absolute Gasteiger partial charge is 0.477 e. The summed E-state index contributed by atoms with van der Waals surface area (Å²) in [5.74, 6) is -1.57. The first-order chi connectivity index (χ1) is 13.0. The third-order valence-electron chi connectivity index (χ3n) is 5.30. The van der Waals surface area contributed by atoms with E-state index >= 15 is 0 Å². The number of carbonyl (C=O) groups is 2. The molecule has 1 unspecified atom stereocenters. The molecule has 0 aliphatic rings. The number of benzene rings is 1. The number of amides is 1. The molecule has 152 valence electrons. The number of carboxylic acid groups (broad SMARTS) is 1. The molecule has 7 nitrogen and oxygen atoms in total. The minimum absolute atomic E-state index is 0.0151. The van der Waals surface area contributed by atoms with E-state index in [1.165, 1.54) is 17.8 Å². The number of aromatic nitrogens is 2. The summed E-state index contributed by atoms with van der Waals surface area (Å²) < 4.78 is 7.76. The van der Waals surface area contributed by atoms with Gasteiger partial charge in [-0.3, -0.25) is 4.79 Å². The Hall–Kier alpha value is -2.45. The fourth-order valence-corrected chi connectivity index (χ4v) is 3.53. The number of carboxylic acids is 1. The van der Waals surface area contributed by atoms with Gasteiger partial charge in [-0.1, -0.05) is 51.1 Å². The lowest BCUT2D eigenvalue weighted by Gasteiger charge is -2.37. The Kier molecular flexibility index (Phi) is 6.46. The second kappa shape index (κ2) is 8.28. The first-order valence-electron chi connectivity index (χ1n) is 9.22. The lowest BCUT2D eigenvalue weighted by molar-refractivity contribution is 0.0679. The van der Waals surface area contributed by atoms with Crippen molar-refractivity contribution in [3.8, 4) is 0 Å². The summed E-state index contributed by atoms with van der Waals surface area (Å²) in [6, 6.07) is 10.3. The Labute approximate surface area is 166 Å². The molecule has 0 saturated heterocycles. The van der Waals surface area contributed by atoms with Crippen LogP contribution >= 0.6 is 0 Å². The van der Waals surface area contributed by atoms with Gasteiger partial charge in [-0.2, -0.15) is 5.10 Å². The van der Waals surface area contributed by atoms with Gasteiger partial charge in [-0.05, 0) is 23.7 Å². The van der Waals surface area contributed by atoms with Crippen molar-refractivity contribution < 1.29 is 19.1 Å². The van der Waals surface area contributed by atoms with Crippen LogP contribution in [0.4, 0.5) is 0 Å². The van der Waals surface area contributed by atoms with Crippen molar-refractivity contribution in [2.75, 3.05) is 13.7 Å². The Balaban J connectivity index is 2.50. The molecule has 2 aromatic rings. The van der Waals surface area contributed by atoms with Crippen LogP contribution in [0.5, 0.6) is 0 Å². The van der Waals surface area contributed by atoms with E-state index in [0.29, 0.717) is 0 Å². The molecule has 2 rings (SSSR count). The lowest BCUT2D eigenvalue weighted by Crippen LogP contribution is -2.42. The molecule has 28 heavy (non-hydrogen) atoms. The van der Waals surface area contributed by atoms with Crippen LogP contribution in [0.2, 0.25) is 18.1 Å². The van der Waals surface area contributed by atoms with E-state index in [0.717, 1.165) is 5.56 Å². The van der Waals surface area contributed by atoms with Crippen molar-refractivity contribution >= 4 is 20.2 Å². The zero-order chi connectivity index (χ0) is 21.1. The first kappa shape index (κ1) is 21.8. The van der Waals surface area contributed by atoms with Crippen LogP contribution in [0, 0.1) is 0 Å². The van der Waals surface area contributed by atoms with Crippen LogP contribution in [-0.4, -0.2) is 48.7 Å². The Morgan fingerprint density at radius 1 is 1.25 bits per heavy atom. The molecule has 8 heteroatoms. The summed E-state index contributed by atoms with van der Waals surface area (Å²) in [5.41, 5.74) is 0.884.